The zero-order valence-corrected chi connectivity index (χ0v) is 12.2. The van der Waals surface area contributed by atoms with E-state index in [1.165, 1.54) is 0 Å². The molecule has 0 aromatic rings. The molecule has 3 N–H and O–H groups in total. The molecular weight excluding hydrogens is 260 g/mol. The van der Waals surface area contributed by atoms with Gasteiger partial charge in [0.25, 0.3) is 0 Å². The Morgan fingerprint density at radius 1 is 1.35 bits per heavy atom. The third-order valence-corrected chi connectivity index (χ3v) is 4.47. The van der Waals surface area contributed by atoms with E-state index in [0.717, 1.165) is 25.9 Å². The van der Waals surface area contributed by atoms with Gasteiger partial charge in [0.15, 0.2) is 0 Å². The number of carbonyl (C=O) groups is 2. The van der Waals surface area contributed by atoms with Crippen LogP contribution in [0.5, 0.6) is 0 Å². The summed E-state index contributed by atoms with van der Waals surface area (Å²) in [6.07, 6.45) is 2.65. The number of hydrogen-bond acceptors (Lipinski definition) is 4. The highest BCUT2D eigenvalue weighted by Gasteiger charge is 2.43. The predicted octanol–water partition coefficient (Wildman–Crippen LogP) is 0.515. The van der Waals surface area contributed by atoms with Gasteiger partial charge in [0.05, 0.1) is 5.60 Å². The van der Waals surface area contributed by atoms with Crippen LogP contribution in [0.15, 0.2) is 0 Å². The molecule has 1 saturated heterocycles. The van der Waals surface area contributed by atoms with Gasteiger partial charge in [-0.1, -0.05) is 6.92 Å². The van der Waals surface area contributed by atoms with Gasteiger partial charge in [0.2, 0.25) is 5.91 Å². The van der Waals surface area contributed by atoms with Crippen LogP contribution in [-0.4, -0.2) is 47.8 Å². The maximum atomic E-state index is 12.0. The van der Waals surface area contributed by atoms with E-state index in [2.05, 4.69) is 17.6 Å². The van der Waals surface area contributed by atoms with E-state index < -0.39 is 11.5 Å². The monoisotopic (exact) mass is 284 g/mol. The van der Waals surface area contributed by atoms with E-state index in [1.54, 1.807) is 0 Å². The van der Waals surface area contributed by atoms with Crippen LogP contribution in [0.1, 0.15) is 39.5 Å². The van der Waals surface area contributed by atoms with Crippen LogP contribution in [-0.2, 0) is 14.3 Å². The van der Waals surface area contributed by atoms with Gasteiger partial charge in [-0.05, 0) is 38.5 Å². The number of aliphatic carboxylic acids is 1. The minimum absolute atomic E-state index is 0.0806. The molecule has 2 fully saturated rings. The summed E-state index contributed by atoms with van der Waals surface area (Å²) in [5.41, 5.74) is -1.40. The van der Waals surface area contributed by atoms with Gasteiger partial charge in [0, 0.05) is 13.1 Å². The summed E-state index contributed by atoms with van der Waals surface area (Å²) in [5, 5.41) is 15.2. The van der Waals surface area contributed by atoms with E-state index >= 15 is 0 Å². The first-order valence-corrected chi connectivity index (χ1v) is 7.24. The minimum atomic E-state index is -1.11. The average molecular weight is 284 g/mol. The van der Waals surface area contributed by atoms with Crippen LogP contribution in [0.3, 0.4) is 0 Å². The quantitative estimate of drug-likeness (QED) is 0.685. The van der Waals surface area contributed by atoms with Gasteiger partial charge in [-0.3, -0.25) is 4.79 Å². The second-order valence-corrected chi connectivity index (χ2v) is 6.46. The summed E-state index contributed by atoms with van der Waals surface area (Å²) >= 11 is 0. The summed E-state index contributed by atoms with van der Waals surface area (Å²) in [6, 6.07) is 0. The van der Waals surface area contributed by atoms with Crippen LogP contribution < -0.4 is 10.6 Å². The SMILES string of the molecule is CC1CCC(NC(=O)COC2(C)CNC2)(C(=O)O)CC1. The normalized spacial score (nSPS) is 32.2. The van der Waals surface area contributed by atoms with E-state index in [1.807, 2.05) is 6.92 Å². The Balaban J connectivity index is 1.87. The molecule has 0 bridgehead atoms. The highest BCUT2D eigenvalue weighted by molar-refractivity contribution is 5.87. The van der Waals surface area contributed by atoms with Gasteiger partial charge in [0.1, 0.15) is 12.1 Å². The molecular formula is C14H24N2O4. The molecule has 0 atom stereocenters. The summed E-state index contributed by atoms with van der Waals surface area (Å²) < 4.78 is 5.55. The fraction of sp³-hybridized carbons (Fsp3) is 0.857. The van der Waals surface area contributed by atoms with Gasteiger partial charge < -0.3 is 20.5 Å². The number of ether oxygens (including phenoxy) is 1. The second kappa shape index (κ2) is 5.69. The first kappa shape index (κ1) is 15.3. The van der Waals surface area contributed by atoms with E-state index in [9.17, 15) is 14.7 Å². The molecule has 0 spiro atoms. The largest absolute Gasteiger partial charge is 0.480 e. The molecule has 0 unspecified atom stereocenters. The average Bonchev–Trinajstić information content (AvgIpc) is 2.37. The molecule has 6 heteroatoms. The van der Waals surface area contributed by atoms with Crippen LogP contribution in [0, 0.1) is 5.92 Å². The lowest BCUT2D eigenvalue weighted by Crippen LogP contribution is -2.61. The number of amides is 1. The van der Waals surface area contributed by atoms with Gasteiger partial charge >= 0.3 is 5.97 Å². The second-order valence-electron chi connectivity index (χ2n) is 6.46. The molecule has 6 nitrogen and oxygen atoms in total. The fourth-order valence-electron chi connectivity index (χ4n) is 2.77. The highest BCUT2D eigenvalue weighted by Crippen LogP contribution is 2.32. The molecule has 0 radical (unpaired) electrons. The molecule has 114 valence electrons. The third kappa shape index (κ3) is 3.30. The van der Waals surface area contributed by atoms with Gasteiger partial charge in [-0.15, -0.1) is 0 Å². The number of nitrogens with one attached hydrogen (secondary N) is 2. The molecule has 1 saturated carbocycles. The molecule has 0 aromatic heterocycles. The number of carbonyl (C=O) groups excluding carboxylic acids is 1. The fourth-order valence-corrected chi connectivity index (χ4v) is 2.77. The van der Waals surface area contributed by atoms with Crippen molar-refractivity contribution < 1.29 is 19.4 Å². The zero-order valence-electron chi connectivity index (χ0n) is 12.2. The smallest absolute Gasteiger partial charge is 0.329 e. The Morgan fingerprint density at radius 3 is 2.40 bits per heavy atom. The molecule has 1 amide bonds. The first-order valence-electron chi connectivity index (χ1n) is 7.24. The van der Waals surface area contributed by atoms with Gasteiger partial charge in [-0.2, -0.15) is 0 Å². The molecule has 2 rings (SSSR count). The molecule has 20 heavy (non-hydrogen) atoms. The van der Waals surface area contributed by atoms with Crippen LogP contribution in [0.4, 0.5) is 0 Å². The molecule has 1 aliphatic heterocycles. The summed E-state index contributed by atoms with van der Waals surface area (Å²) in [5.74, 6) is -0.750. The van der Waals surface area contributed by atoms with Gasteiger partial charge in [-0.25, -0.2) is 4.79 Å². The first-order chi connectivity index (χ1) is 9.35. The van der Waals surface area contributed by atoms with Crippen LogP contribution in [0.25, 0.3) is 0 Å². The van der Waals surface area contributed by atoms with Crippen molar-refractivity contribution in [1.82, 2.24) is 10.6 Å². The summed E-state index contributed by atoms with van der Waals surface area (Å²) in [6.45, 7) is 5.42. The van der Waals surface area contributed by atoms with Crippen molar-refractivity contribution in [2.45, 2.75) is 50.7 Å². The molecule has 0 aromatic carbocycles. The predicted molar refractivity (Wildman–Crippen MR) is 73.4 cm³/mol. The number of carboxylic acids is 1. The number of carboxylic acid groups (broad SMARTS) is 1. The zero-order chi connectivity index (χ0) is 14.8. The van der Waals surface area contributed by atoms with Crippen molar-refractivity contribution in [1.29, 1.82) is 0 Å². The Bertz CT molecular complexity index is 385. The Hall–Kier alpha value is -1.14. The number of rotatable bonds is 5. The standard InChI is InChI=1S/C14H24N2O4/c1-10-3-5-14(6-4-10,12(18)19)16-11(17)7-20-13(2)8-15-9-13/h10,15H,3-9H2,1-2H3,(H,16,17)(H,18,19). The summed E-state index contributed by atoms with van der Waals surface area (Å²) in [4.78, 5) is 23.5. The van der Waals surface area contributed by atoms with Crippen LogP contribution in [0.2, 0.25) is 0 Å². The van der Waals surface area contributed by atoms with Crippen molar-refractivity contribution in [2.75, 3.05) is 19.7 Å². The Labute approximate surface area is 119 Å². The maximum Gasteiger partial charge on any atom is 0.329 e. The lowest BCUT2D eigenvalue weighted by Gasteiger charge is -2.40. The van der Waals surface area contributed by atoms with E-state index in [0.29, 0.717) is 18.8 Å². The van der Waals surface area contributed by atoms with Crippen molar-refractivity contribution in [3.05, 3.63) is 0 Å². The number of hydrogen-bond donors (Lipinski definition) is 3. The van der Waals surface area contributed by atoms with E-state index in [4.69, 9.17) is 4.74 Å². The highest BCUT2D eigenvalue weighted by atomic mass is 16.5. The van der Waals surface area contributed by atoms with Crippen molar-refractivity contribution in [3.63, 3.8) is 0 Å². The van der Waals surface area contributed by atoms with Crippen LogP contribution >= 0.6 is 0 Å². The Morgan fingerprint density at radius 2 is 1.95 bits per heavy atom. The topological polar surface area (TPSA) is 87.7 Å². The van der Waals surface area contributed by atoms with Crippen molar-refractivity contribution in [3.8, 4) is 0 Å². The van der Waals surface area contributed by atoms with Crippen molar-refractivity contribution in [2.24, 2.45) is 5.92 Å². The lowest BCUT2D eigenvalue weighted by atomic mass is 9.77. The molecule has 1 heterocycles. The molecule has 1 aliphatic carbocycles. The molecule has 2 aliphatic rings. The lowest BCUT2D eigenvalue weighted by molar-refractivity contribution is -0.152. The third-order valence-electron chi connectivity index (χ3n) is 4.47. The Kier molecular flexibility index (Phi) is 4.34. The maximum absolute atomic E-state index is 12.0. The van der Waals surface area contributed by atoms with Crippen molar-refractivity contribution >= 4 is 11.9 Å². The van der Waals surface area contributed by atoms with E-state index in [-0.39, 0.29) is 18.1 Å². The summed E-state index contributed by atoms with van der Waals surface area (Å²) in [7, 11) is 0. The minimum Gasteiger partial charge on any atom is -0.480 e.